The zero-order valence-corrected chi connectivity index (χ0v) is 14.8. The van der Waals surface area contributed by atoms with Crippen LogP contribution in [0.3, 0.4) is 0 Å². The van der Waals surface area contributed by atoms with Crippen molar-refractivity contribution in [1.29, 1.82) is 5.26 Å². The van der Waals surface area contributed by atoms with Gasteiger partial charge in [0.1, 0.15) is 23.2 Å². The highest BCUT2D eigenvalue weighted by molar-refractivity contribution is 5.83. The normalized spacial score (nSPS) is 13.6. The molecule has 0 saturated carbocycles. The van der Waals surface area contributed by atoms with Gasteiger partial charge in [-0.3, -0.25) is 0 Å². The first-order chi connectivity index (χ1) is 13.3. The summed E-state index contributed by atoms with van der Waals surface area (Å²) < 4.78 is 7.96. The van der Waals surface area contributed by atoms with Crippen LogP contribution in [0.25, 0.3) is 28.1 Å². The fraction of sp³-hybridized carbons (Fsp3) is 0.182. The smallest absolute Gasteiger partial charge is 0.156 e. The molecule has 2 aromatic heterocycles. The van der Waals surface area contributed by atoms with Gasteiger partial charge in [0.2, 0.25) is 0 Å². The van der Waals surface area contributed by atoms with Gasteiger partial charge in [0.25, 0.3) is 0 Å². The summed E-state index contributed by atoms with van der Waals surface area (Å²) in [6.07, 6.45) is 3.14. The average Bonchev–Trinajstić information content (AvgIpc) is 3.21. The predicted octanol–water partition coefficient (Wildman–Crippen LogP) is 4.91. The first-order valence-electron chi connectivity index (χ1n) is 9.19. The number of aromatic nitrogens is 2. The molecule has 0 radical (unpaired) electrons. The lowest BCUT2D eigenvalue weighted by Gasteiger charge is -2.10. The Kier molecular flexibility index (Phi) is 3.68. The molecule has 3 heterocycles. The Bertz CT molecular complexity index is 1150. The number of hydrogen-bond acceptors (Lipinski definition) is 4. The molecular weight excluding hydrogens is 336 g/mol. The molecule has 5 nitrogen and oxygen atoms in total. The van der Waals surface area contributed by atoms with Gasteiger partial charge in [0, 0.05) is 17.5 Å². The van der Waals surface area contributed by atoms with E-state index in [1.807, 2.05) is 59.3 Å². The maximum Gasteiger partial charge on any atom is 0.156 e. The van der Waals surface area contributed by atoms with Crippen molar-refractivity contribution >= 4 is 16.8 Å². The number of nitrogens with zero attached hydrogens (tertiary/aromatic N) is 3. The van der Waals surface area contributed by atoms with E-state index in [1.54, 1.807) is 0 Å². The highest BCUT2D eigenvalue weighted by atomic mass is 16.3. The minimum atomic E-state index is 0.602. The summed E-state index contributed by atoms with van der Waals surface area (Å²) >= 11 is 0. The number of nitrogens with one attached hydrogen (secondary N) is 1. The third kappa shape index (κ3) is 2.58. The fourth-order valence-corrected chi connectivity index (χ4v) is 3.73. The third-order valence-corrected chi connectivity index (χ3v) is 5.04. The molecule has 0 saturated heterocycles. The van der Waals surface area contributed by atoms with E-state index in [2.05, 4.69) is 11.4 Å². The Morgan fingerprint density at radius 3 is 2.81 bits per heavy atom. The summed E-state index contributed by atoms with van der Waals surface area (Å²) in [5, 5.41) is 19.0. The Balaban J connectivity index is 1.75. The van der Waals surface area contributed by atoms with Crippen molar-refractivity contribution in [2.24, 2.45) is 0 Å². The molecule has 1 aliphatic rings. The van der Waals surface area contributed by atoms with Crippen LogP contribution in [0.1, 0.15) is 24.0 Å². The van der Waals surface area contributed by atoms with Crippen LogP contribution < -0.4 is 5.32 Å². The van der Waals surface area contributed by atoms with Crippen LogP contribution in [0.5, 0.6) is 0 Å². The molecule has 0 bridgehead atoms. The predicted molar refractivity (Wildman–Crippen MR) is 105 cm³/mol. The van der Waals surface area contributed by atoms with Gasteiger partial charge >= 0.3 is 0 Å². The molecule has 2 aromatic carbocycles. The van der Waals surface area contributed by atoms with Crippen molar-refractivity contribution in [2.45, 2.75) is 19.3 Å². The zero-order chi connectivity index (χ0) is 18.2. The Hall–Kier alpha value is -3.52. The summed E-state index contributed by atoms with van der Waals surface area (Å²) in [6.45, 7) is 0.896. The molecule has 0 atom stereocenters. The average molecular weight is 354 g/mol. The molecule has 132 valence electrons. The van der Waals surface area contributed by atoms with Crippen molar-refractivity contribution in [2.75, 3.05) is 11.9 Å². The second-order valence-corrected chi connectivity index (χ2v) is 6.75. The standard InChI is InChI=1S/C22H18N4O/c23-14-16-8-1-3-10-18(16)26-22-17(9-5-6-12-24-22)21(25-26)20-13-15-7-2-4-11-19(15)27-20/h1-4,7-8,10-11,13,24H,5-6,9,12H2. The van der Waals surface area contributed by atoms with E-state index in [0.717, 1.165) is 65.3 Å². The molecule has 0 amide bonds. The van der Waals surface area contributed by atoms with E-state index in [9.17, 15) is 5.26 Å². The van der Waals surface area contributed by atoms with Crippen LogP contribution in [0.2, 0.25) is 0 Å². The summed E-state index contributed by atoms with van der Waals surface area (Å²) in [7, 11) is 0. The quantitative estimate of drug-likeness (QED) is 0.556. The highest BCUT2D eigenvalue weighted by Crippen LogP contribution is 2.36. The second-order valence-electron chi connectivity index (χ2n) is 6.75. The highest BCUT2D eigenvalue weighted by Gasteiger charge is 2.24. The van der Waals surface area contributed by atoms with Gasteiger partial charge in [-0.05, 0) is 43.5 Å². The molecule has 5 rings (SSSR count). The number of rotatable bonds is 2. The lowest BCUT2D eigenvalue weighted by Crippen LogP contribution is -2.08. The van der Waals surface area contributed by atoms with Crippen LogP contribution in [-0.2, 0) is 6.42 Å². The first kappa shape index (κ1) is 15.7. The minimum Gasteiger partial charge on any atom is -0.454 e. The Morgan fingerprint density at radius 1 is 1.07 bits per heavy atom. The topological polar surface area (TPSA) is 66.8 Å². The van der Waals surface area contributed by atoms with Crippen molar-refractivity contribution in [1.82, 2.24) is 9.78 Å². The van der Waals surface area contributed by atoms with Crippen LogP contribution in [-0.4, -0.2) is 16.3 Å². The zero-order valence-electron chi connectivity index (χ0n) is 14.8. The molecule has 27 heavy (non-hydrogen) atoms. The number of furan rings is 1. The summed E-state index contributed by atoms with van der Waals surface area (Å²) in [6, 6.07) is 19.9. The molecule has 0 unspecified atom stereocenters. The van der Waals surface area contributed by atoms with Gasteiger partial charge in [-0.15, -0.1) is 0 Å². The number of para-hydroxylation sites is 2. The largest absolute Gasteiger partial charge is 0.454 e. The third-order valence-electron chi connectivity index (χ3n) is 5.04. The van der Waals surface area contributed by atoms with E-state index in [4.69, 9.17) is 9.52 Å². The lowest BCUT2D eigenvalue weighted by molar-refractivity contribution is 0.625. The monoisotopic (exact) mass is 354 g/mol. The second kappa shape index (κ2) is 6.33. The molecule has 1 N–H and O–H groups in total. The van der Waals surface area contributed by atoms with Crippen molar-refractivity contribution < 1.29 is 4.42 Å². The number of benzene rings is 2. The Labute approximate surface area is 156 Å². The number of fused-ring (bicyclic) bond motifs is 2. The van der Waals surface area contributed by atoms with Crippen molar-refractivity contribution in [3.8, 4) is 23.2 Å². The summed E-state index contributed by atoms with van der Waals surface area (Å²) in [5.74, 6) is 1.73. The number of anilines is 1. The summed E-state index contributed by atoms with van der Waals surface area (Å²) in [5.41, 5.74) is 4.25. The van der Waals surface area contributed by atoms with Crippen LogP contribution in [0.15, 0.2) is 59.0 Å². The van der Waals surface area contributed by atoms with Crippen molar-refractivity contribution in [3.05, 3.63) is 65.7 Å². The first-order valence-corrected chi connectivity index (χ1v) is 9.19. The van der Waals surface area contributed by atoms with E-state index in [1.165, 1.54) is 0 Å². The molecule has 5 heteroatoms. The fourth-order valence-electron chi connectivity index (χ4n) is 3.73. The lowest BCUT2D eigenvalue weighted by atomic mass is 10.1. The molecule has 4 aromatic rings. The van der Waals surface area contributed by atoms with Gasteiger partial charge in [-0.25, -0.2) is 4.68 Å². The minimum absolute atomic E-state index is 0.602. The van der Waals surface area contributed by atoms with Gasteiger partial charge in [-0.1, -0.05) is 30.3 Å². The van der Waals surface area contributed by atoms with Gasteiger partial charge in [0.15, 0.2) is 5.76 Å². The van der Waals surface area contributed by atoms with Gasteiger partial charge in [-0.2, -0.15) is 10.4 Å². The van der Waals surface area contributed by atoms with Crippen molar-refractivity contribution in [3.63, 3.8) is 0 Å². The van der Waals surface area contributed by atoms with E-state index in [-0.39, 0.29) is 0 Å². The van der Waals surface area contributed by atoms with Crippen LogP contribution in [0, 0.1) is 11.3 Å². The Morgan fingerprint density at radius 2 is 1.93 bits per heavy atom. The van der Waals surface area contributed by atoms with E-state index in [0.29, 0.717) is 5.56 Å². The van der Waals surface area contributed by atoms with Crippen LogP contribution >= 0.6 is 0 Å². The maximum atomic E-state index is 9.53. The molecule has 1 aliphatic heterocycles. The van der Waals surface area contributed by atoms with E-state index >= 15 is 0 Å². The molecular formula is C22H18N4O. The van der Waals surface area contributed by atoms with E-state index < -0.39 is 0 Å². The molecule has 0 spiro atoms. The number of hydrogen-bond donors (Lipinski definition) is 1. The maximum absolute atomic E-state index is 9.53. The SMILES string of the molecule is N#Cc1ccccc1-n1nc(-c2cc3ccccc3o2)c2c1NCCCC2. The summed E-state index contributed by atoms with van der Waals surface area (Å²) in [4.78, 5) is 0. The molecule has 0 aliphatic carbocycles. The van der Waals surface area contributed by atoms with Gasteiger partial charge < -0.3 is 9.73 Å². The van der Waals surface area contributed by atoms with Crippen LogP contribution in [0.4, 0.5) is 5.82 Å². The number of nitriles is 1. The molecule has 0 fully saturated rings. The van der Waals surface area contributed by atoms with Gasteiger partial charge in [0.05, 0.1) is 11.3 Å².